The van der Waals surface area contributed by atoms with Crippen LogP contribution in [0.2, 0.25) is 0 Å². The van der Waals surface area contributed by atoms with Gasteiger partial charge in [-0.15, -0.1) is 0 Å². The summed E-state index contributed by atoms with van der Waals surface area (Å²) >= 11 is 0. The summed E-state index contributed by atoms with van der Waals surface area (Å²) in [6.07, 6.45) is 0. The minimum atomic E-state index is -0.623. The van der Waals surface area contributed by atoms with Crippen LogP contribution in [-0.2, 0) is 6.54 Å². The van der Waals surface area contributed by atoms with E-state index in [4.69, 9.17) is 0 Å². The molecule has 0 saturated heterocycles. The molecule has 0 spiro atoms. The van der Waals surface area contributed by atoms with Gasteiger partial charge < -0.3 is 10.6 Å². The van der Waals surface area contributed by atoms with Gasteiger partial charge >= 0.3 is 0 Å². The lowest BCUT2D eigenvalue weighted by molar-refractivity contribution is 0.0963. The summed E-state index contributed by atoms with van der Waals surface area (Å²) in [7, 11) is 1.57. The Bertz CT molecular complexity index is 592. The van der Waals surface area contributed by atoms with Crippen molar-refractivity contribution >= 4 is 11.6 Å². The van der Waals surface area contributed by atoms with Crippen molar-refractivity contribution in [2.45, 2.75) is 6.54 Å². The van der Waals surface area contributed by atoms with E-state index >= 15 is 0 Å². The quantitative estimate of drug-likeness (QED) is 0.901. The van der Waals surface area contributed by atoms with Gasteiger partial charge in [-0.05, 0) is 29.8 Å². The number of nitrogens with one attached hydrogen (secondary N) is 2. The zero-order chi connectivity index (χ0) is 14.5. The Morgan fingerprint density at radius 3 is 2.20 bits per heavy atom. The summed E-state index contributed by atoms with van der Waals surface area (Å²) in [6.45, 7) is 0.414. The Labute approximate surface area is 115 Å². The third-order valence-electron chi connectivity index (χ3n) is 2.80. The van der Waals surface area contributed by atoms with E-state index < -0.39 is 11.6 Å². The van der Waals surface area contributed by atoms with Crippen molar-refractivity contribution in [3.63, 3.8) is 0 Å². The second-order valence-electron chi connectivity index (χ2n) is 4.29. The third-order valence-corrected chi connectivity index (χ3v) is 2.80. The fraction of sp³-hybridized carbons (Fsp3) is 0.133. The van der Waals surface area contributed by atoms with Gasteiger partial charge in [0, 0.05) is 30.9 Å². The number of carbonyl (C=O) groups is 1. The number of hydrogen-bond donors (Lipinski definition) is 2. The summed E-state index contributed by atoms with van der Waals surface area (Å²) in [6, 6.07) is 10.2. The zero-order valence-corrected chi connectivity index (χ0v) is 10.9. The zero-order valence-electron chi connectivity index (χ0n) is 10.9. The summed E-state index contributed by atoms with van der Waals surface area (Å²) in [4.78, 5) is 11.4. The molecular formula is C15H14F2N2O. The SMILES string of the molecule is CNC(=O)c1ccc(CNc2cc(F)cc(F)c2)cc1. The molecule has 0 unspecified atom stereocenters. The molecule has 1 amide bonds. The molecule has 2 N–H and O–H groups in total. The molecule has 104 valence electrons. The van der Waals surface area contributed by atoms with Crippen molar-refractivity contribution < 1.29 is 13.6 Å². The van der Waals surface area contributed by atoms with E-state index in [0.29, 0.717) is 17.8 Å². The normalized spacial score (nSPS) is 10.2. The van der Waals surface area contributed by atoms with Crippen molar-refractivity contribution in [3.05, 3.63) is 65.2 Å². The largest absolute Gasteiger partial charge is 0.381 e. The topological polar surface area (TPSA) is 41.1 Å². The molecule has 0 atom stereocenters. The fourth-order valence-corrected chi connectivity index (χ4v) is 1.78. The van der Waals surface area contributed by atoms with Gasteiger partial charge in [0.05, 0.1) is 0 Å². The summed E-state index contributed by atoms with van der Waals surface area (Å²) in [5, 5.41) is 5.46. The van der Waals surface area contributed by atoms with E-state index in [1.807, 2.05) is 0 Å². The van der Waals surface area contributed by atoms with E-state index in [0.717, 1.165) is 11.6 Å². The average Bonchev–Trinajstić information content (AvgIpc) is 2.44. The lowest BCUT2D eigenvalue weighted by Gasteiger charge is -2.07. The minimum Gasteiger partial charge on any atom is -0.381 e. The molecule has 2 rings (SSSR count). The van der Waals surface area contributed by atoms with Crippen molar-refractivity contribution in [1.82, 2.24) is 5.32 Å². The average molecular weight is 276 g/mol. The Kier molecular flexibility index (Phi) is 4.30. The van der Waals surface area contributed by atoms with E-state index in [9.17, 15) is 13.6 Å². The van der Waals surface area contributed by atoms with Crippen LogP contribution in [0.25, 0.3) is 0 Å². The monoisotopic (exact) mass is 276 g/mol. The molecule has 0 radical (unpaired) electrons. The molecule has 0 aliphatic rings. The standard InChI is InChI=1S/C15H14F2N2O/c1-18-15(20)11-4-2-10(3-5-11)9-19-14-7-12(16)6-13(17)8-14/h2-8,19H,9H2,1H3,(H,18,20). The Morgan fingerprint density at radius 2 is 1.65 bits per heavy atom. The Hall–Kier alpha value is -2.43. The van der Waals surface area contributed by atoms with Gasteiger partial charge in [-0.3, -0.25) is 4.79 Å². The smallest absolute Gasteiger partial charge is 0.251 e. The maximum atomic E-state index is 13.0. The van der Waals surface area contributed by atoms with Crippen molar-refractivity contribution in [3.8, 4) is 0 Å². The number of hydrogen-bond acceptors (Lipinski definition) is 2. The highest BCUT2D eigenvalue weighted by molar-refractivity contribution is 5.93. The Morgan fingerprint density at radius 1 is 1.05 bits per heavy atom. The first-order chi connectivity index (χ1) is 9.58. The van der Waals surface area contributed by atoms with Crippen LogP contribution < -0.4 is 10.6 Å². The van der Waals surface area contributed by atoms with Crippen molar-refractivity contribution in [2.75, 3.05) is 12.4 Å². The van der Waals surface area contributed by atoms with Crippen molar-refractivity contribution in [2.24, 2.45) is 0 Å². The summed E-state index contributed by atoms with van der Waals surface area (Å²) < 4.78 is 26.0. The third kappa shape index (κ3) is 3.54. The fourth-order valence-electron chi connectivity index (χ4n) is 1.78. The summed E-state index contributed by atoms with van der Waals surface area (Å²) in [5.41, 5.74) is 1.84. The minimum absolute atomic E-state index is 0.156. The number of amides is 1. The van der Waals surface area contributed by atoms with Crippen LogP contribution in [0.3, 0.4) is 0 Å². The molecule has 0 saturated carbocycles. The highest BCUT2D eigenvalue weighted by atomic mass is 19.1. The van der Waals surface area contributed by atoms with E-state index in [2.05, 4.69) is 10.6 Å². The van der Waals surface area contributed by atoms with Crippen molar-refractivity contribution in [1.29, 1.82) is 0 Å². The lowest BCUT2D eigenvalue weighted by atomic mass is 10.1. The first-order valence-electron chi connectivity index (χ1n) is 6.09. The van der Waals surface area contributed by atoms with E-state index in [-0.39, 0.29) is 5.91 Å². The van der Waals surface area contributed by atoms with Crippen LogP contribution in [0.1, 0.15) is 15.9 Å². The number of halogens is 2. The van der Waals surface area contributed by atoms with Gasteiger partial charge in [0.1, 0.15) is 11.6 Å². The van der Waals surface area contributed by atoms with Crippen LogP contribution in [0.15, 0.2) is 42.5 Å². The molecule has 0 aliphatic heterocycles. The molecule has 3 nitrogen and oxygen atoms in total. The Balaban J connectivity index is 2.02. The second-order valence-corrected chi connectivity index (χ2v) is 4.29. The first-order valence-corrected chi connectivity index (χ1v) is 6.09. The second kappa shape index (κ2) is 6.14. The number of carbonyl (C=O) groups excluding carboxylic acids is 1. The number of rotatable bonds is 4. The van der Waals surface area contributed by atoms with Crippen LogP contribution in [0, 0.1) is 11.6 Å². The molecule has 2 aromatic rings. The van der Waals surface area contributed by atoms with Crippen LogP contribution in [0.5, 0.6) is 0 Å². The molecule has 0 aromatic heterocycles. The van der Waals surface area contributed by atoms with Gasteiger partial charge in [-0.1, -0.05) is 12.1 Å². The number of benzene rings is 2. The molecular weight excluding hydrogens is 262 g/mol. The van der Waals surface area contributed by atoms with Gasteiger partial charge in [0.2, 0.25) is 0 Å². The molecule has 5 heteroatoms. The molecule has 0 fully saturated rings. The maximum Gasteiger partial charge on any atom is 0.251 e. The van der Waals surface area contributed by atoms with Gasteiger partial charge in [0.25, 0.3) is 5.91 Å². The van der Waals surface area contributed by atoms with Gasteiger partial charge in [0.15, 0.2) is 0 Å². The predicted molar refractivity (Wildman–Crippen MR) is 73.5 cm³/mol. The predicted octanol–water partition coefficient (Wildman–Crippen LogP) is 2.94. The molecule has 0 bridgehead atoms. The van der Waals surface area contributed by atoms with Crippen LogP contribution in [-0.4, -0.2) is 13.0 Å². The highest BCUT2D eigenvalue weighted by Gasteiger charge is 2.03. The molecule has 0 heterocycles. The lowest BCUT2D eigenvalue weighted by Crippen LogP contribution is -2.17. The van der Waals surface area contributed by atoms with E-state index in [1.165, 1.54) is 12.1 Å². The summed E-state index contributed by atoms with van der Waals surface area (Å²) in [5.74, 6) is -1.40. The van der Waals surface area contributed by atoms with Gasteiger partial charge in [-0.2, -0.15) is 0 Å². The highest BCUT2D eigenvalue weighted by Crippen LogP contribution is 2.14. The maximum absolute atomic E-state index is 13.0. The first kappa shape index (κ1) is 14.0. The van der Waals surface area contributed by atoms with Gasteiger partial charge in [-0.25, -0.2) is 8.78 Å². The molecule has 0 aliphatic carbocycles. The molecule has 2 aromatic carbocycles. The van der Waals surface area contributed by atoms with E-state index in [1.54, 1.807) is 31.3 Å². The number of anilines is 1. The van der Waals surface area contributed by atoms with Crippen LogP contribution >= 0.6 is 0 Å². The molecule has 20 heavy (non-hydrogen) atoms. The van der Waals surface area contributed by atoms with Crippen LogP contribution in [0.4, 0.5) is 14.5 Å².